The van der Waals surface area contributed by atoms with Crippen LogP contribution in [0.4, 0.5) is 0 Å². The molecular weight excluding hydrogens is 347 g/mol. The summed E-state index contributed by atoms with van der Waals surface area (Å²) in [6.45, 7) is 7.46. The van der Waals surface area contributed by atoms with E-state index in [9.17, 15) is 0 Å². The van der Waals surface area contributed by atoms with Crippen LogP contribution in [0.15, 0.2) is 91.0 Å². The Bertz CT molecular complexity index is 884. The topological polar surface area (TPSA) is 0 Å². The standard InChI is InChI=1S/C24H25PSi/c1-26(2,3)24-18-23(21-16-10-11-17-22(21)24)25(19-12-6-4-7-13-19)20-14-8-5-9-15-20/h4-18,24H,1-3H3. The zero-order valence-corrected chi connectivity index (χ0v) is 17.6. The van der Waals surface area contributed by atoms with Crippen molar-refractivity contribution in [3.63, 3.8) is 0 Å². The summed E-state index contributed by atoms with van der Waals surface area (Å²) >= 11 is 0. The Balaban J connectivity index is 1.92. The molecule has 0 bridgehead atoms. The van der Waals surface area contributed by atoms with Gasteiger partial charge in [0.1, 0.15) is 0 Å². The zero-order chi connectivity index (χ0) is 18.1. The quantitative estimate of drug-likeness (QED) is 0.381. The highest BCUT2D eigenvalue weighted by atomic mass is 31.1. The Morgan fingerprint density at radius 2 is 1.15 bits per heavy atom. The first kappa shape index (κ1) is 17.5. The molecule has 0 N–H and O–H groups in total. The van der Waals surface area contributed by atoms with E-state index < -0.39 is 16.0 Å². The van der Waals surface area contributed by atoms with E-state index in [0.29, 0.717) is 5.54 Å². The zero-order valence-electron chi connectivity index (χ0n) is 15.7. The van der Waals surface area contributed by atoms with Gasteiger partial charge < -0.3 is 0 Å². The van der Waals surface area contributed by atoms with Gasteiger partial charge in [-0.1, -0.05) is 111 Å². The number of hydrogen-bond donors (Lipinski definition) is 0. The van der Waals surface area contributed by atoms with E-state index in [1.54, 1.807) is 10.9 Å². The number of hydrogen-bond acceptors (Lipinski definition) is 0. The molecule has 2 heteroatoms. The molecule has 26 heavy (non-hydrogen) atoms. The van der Waals surface area contributed by atoms with Crippen molar-refractivity contribution in [1.29, 1.82) is 0 Å². The van der Waals surface area contributed by atoms with Crippen molar-refractivity contribution in [3.05, 3.63) is 102 Å². The van der Waals surface area contributed by atoms with Gasteiger partial charge in [0.25, 0.3) is 0 Å². The monoisotopic (exact) mass is 372 g/mol. The van der Waals surface area contributed by atoms with E-state index in [2.05, 4.69) is 111 Å². The Morgan fingerprint density at radius 1 is 0.654 bits per heavy atom. The molecule has 3 aromatic carbocycles. The van der Waals surface area contributed by atoms with Gasteiger partial charge in [0.15, 0.2) is 0 Å². The molecule has 0 heterocycles. The summed E-state index contributed by atoms with van der Waals surface area (Å²) in [5.74, 6) is 0. The fourth-order valence-corrected chi connectivity index (χ4v) is 8.36. The fraction of sp³-hybridized carbons (Fsp3) is 0.167. The maximum Gasteiger partial charge on any atom is 0.0566 e. The van der Waals surface area contributed by atoms with Crippen molar-refractivity contribution >= 4 is 31.9 Å². The highest BCUT2D eigenvalue weighted by molar-refractivity contribution is 7.82. The summed E-state index contributed by atoms with van der Waals surface area (Å²) in [5, 5.41) is 4.41. The number of rotatable bonds is 4. The van der Waals surface area contributed by atoms with Crippen molar-refractivity contribution in [2.75, 3.05) is 0 Å². The van der Waals surface area contributed by atoms with Crippen LogP contribution in [0, 0.1) is 0 Å². The first-order valence-electron chi connectivity index (χ1n) is 9.27. The van der Waals surface area contributed by atoms with Gasteiger partial charge in [-0.15, -0.1) is 0 Å². The van der Waals surface area contributed by atoms with Gasteiger partial charge in [-0.05, 0) is 40.5 Å². The van der Waals surface area contributed by atoms with Crippen molar-refractivity contribution in [2.45, 2.75) is 25.2 Å². The molecule has 0 saturated heterocycles. The third-order valence-electron chi connectivity index (χ3n) is 5.10. The summed E-state index contributed by atoms with van der Waals surface area (Å²) in [6, 6.07) is 31.2. The molecule has 1 aliphatic carbocycles. The molecule has 130 valence electrons. The van der Waals surface area contributed by atoms with E-state index in [0.717, 1.165) is 0 Å². The van der Waals surface area contributed by atoms with Gasteiger partial charge in [-0.3, -0.25) is 0 Å². The molecule has 4 rings (SSSR count). The van der Waals surface area contributed by atoms with Crippen LogP contribution in [-0.2, 0) is 0 Å². The van der Waals surface area contributed by atoms with E-state index in [1.807, 2.05) is 0 Å². The second kappa shape index (κ2) is 6.99. The molecule has 0 spiro atoms. The van der Waals surface area contributed by atoms with Crippen molar-refractivity contribution in [3.8, 4) is 0 Å². The normalized spacial score (nSPS) is 16.5. The summed E-state index contributed by atoms with van der Waals surface area (Å²) in [4.78, 5) is 0. The predicted octanol–water partition coefficient (Wildman–Crippen LogP) is 6.14. The van der Waals surface area contributed by atoms with Crippen LogP contribution in [0.1, 0.15) is 16.7 Å². The van der Waals surface area contributed by atoms with Gasteiger partial charge in [0, 0.05) is 0 Å². The number of fused-ring (bicyclic) bond motifs is 1. The minimum atomic E-state index is -1.33. The number of allylic oxidation sites excluding steroid dienone is 1. The first-order chi connectivity index (χ1) is 12.6. The molecular formula is C24H25PSi. The van der Waals surface area contributed by atoms with Gasteiger partial charge in [0.2, 0.25) is 0 Å². The molecule has 1 aliphatic rings. The lowest BCUT2D eigenvalue weighted by atomic mass is 10.1. The molecule has 1 unspecified atom stereocenters. The minimum absolute atomic E-state index is 0.529. The van der Waals surface area contributed by atoms with Crippen LogP contribution in [-0.4, -0.2) is 8.07 Å². The SMILES string of the molecule is C[Si](C)(C)C1C=C(P(c2ccccc2)c2ccccc2)c2ccccc21. The summed E-state index contributed by atoms with van der Waals surface area (Å²) in [7, 11) is -1.86. The summed E-state index contributed by atoms with van der Waals surface area (Å²) in [6.07, 6.45) is 2.61. The van der Waals surface area contributed by atoms with Crippen molar-refractivity contribution < 1.29 is 0 Å². The third-order valence-corrected chi connectivity index (χ3v) is 9.94. The van der Waals surface area contributed by atoms with Gasteiger partial charge in [-0.2, -0.15) is 0 Å². The predicted molar refractivity (Wildman–Crippen MR) is 120 cm³/mol. The lowest BCUT2D eigenvalue weighted by molar-refractivity contribution is 1.16. The average Bonchev–Trinajstić information content (AvgIpc) is 3.04. The largest absolute Gasteiger partial charge is 0.0707 e. The molecule has 0 radical (unpaired) electrons. The van der Waals surface area contributed by atoms with Gasteiger partial charge in [0.05, 0.1) is 8.07 Å². The van der Waals surface area contributed by atoms with E-state index in [1.165, 1.54) is 16.2 Å². The van der Waals surface area contributed by atoms with Crippen LogP contribution in [0.3, 0.4) is 0 Å². The van der Waals surface area contributed by atoms with Crippen LogP contribution < -0.4 is 10.6 Å². The van der Waals surface area contributed by atoms with E-state index >= 15 is 0 Å². The Labute approximate surface area is 159 Å². The molecule has 0 saturated carbocycles. The first-order valence-corrected chi connectivity index (χ1v) is 14.2. The van der Waals surface area contributed by atoms with E-state index in [4.69, 9.17) is 0 Å². The third kappa shape index (κ3) is 3.22. The molecule has 0 aliphatic heterocycles. The van der Waals surface area contributed by atoms with Crippen LogP contribution in [0.5, 0.6) is 0 Å². The second-order valence-corrected chi connectivity index (χ2v) is 15.5. The Kier molecular flexibility index (Phi) is 4.69. The van der Waals surface area contributed by atoms with E-state index in [-0.39, 0.29) is 0 Å². The van der Waals surface area contributed by atoms with Gasteiger partial charge >= 0.3 is 0 Å². The Morgan fingerprint density at radius 3 is 1.69 bits per heavy atom. The molecule has 3 aromatic rings. The minimum Gasteiger partial charge on any atom is -0.0707 e. The molecule has 1 atom stereocenters. The van der Waals surface area contributed by atoms with Gasteiger partial charge in [-0.25, -0.2) is 0 Å². The Hall–Kier alpha value is -1.95. The molecule has 0 aromatic heterocycles. The van der Waals surface area contributed by atoms with Crippen molar-refractivity contribution in [2.24, 2.45) is 0 Å². The highest BCUT2D eigenvalue weighted by Gasteiger charge is 2.36. The lowest BCUT2D eigenvalue weighted by Crippen LogP contribution is -2.28. The highest BCUT2D eigenvalue weighted by Crippen LogP contribution is 2.55. The van der Waals surface area contributed by atoms with Crippen LogP contribution >= 0.6 is 7.92 Å². The fourth-order valence-electron chi connectivity index (χ4n) is 3.83. The smallest absolute Gasteiger partial charge is 0.0566 e. The number of benzene rings is 3. The second-order valence-electron chi connectivity index (χ2n) is 7.99. The average molecular weight is 373 g/mol. The maximum atomic E-state index is 2.61. The maximum absolute atomic E-state index is 2.61. The summed E-state index contributed by atoms with van der Waals surface area (Å²) in [5.41, 5.74) is 3.62. The molecule has 0 fully saturated rings. The van der Waals surface area contributed by atoms with Crippen molar-refractivity contribution in [1.82, 2.24) is 0 Å². The molecule has 0 amide bonds. The van der Waals surface area contributed by atoms with Crippen LogP contribution in [0.2, 0.25) is 19.6 Å². The molecule has 0 nitrogen and oxygen atoms in total. The van der Waals surface area contributed by atoms with Crippen LogP contribution in [0.25, 0.3) is 5.31 Å². The lowest BCUT2D eigenvalue weighted by Gasteiger charge is -2.24. The summed E-state index contributed by atoms with van der Waals surface area (Å²) < 4.78 is 0.